The highest BCUT2D eigenvalue weighted by atomic mass is 28.3. The highest BCUT2D eigenvalue weighted by Gasteiger charge is 2.31. The smallest absolute Gasteiger partial charge is 0.320 e. The Bertz CT molecular complexity index is 533. The van der Waals surface area contributed by atoms with E-state index in [1.807, 2.05) is 0 Å². The molecule has 0 saturated carbocycles. The van der Waals surface area contributed by atoms with Crippen LogP contribution in [0, 0.1) is 0 Å². The van der Waals surface area contributed by atoms with Crippen molar-refractivity contribution < 1.29 is 26.6 Å². The highest BCUT2D eigenvalue weighted by Crippen LogP contribution is 2.40. The van der Waals surface area contributed by atoms with E-state index in [0.29, 0.717) is 0 Å². The number of hydrogen-bond acceptors (Lipinski definition) is 6. The SMILES string of the molecule is CO[SiH](CCCCC(CCCC[SiH](OC)OC)(CCCC[SiH](OC)OC)c1ccccc1)OC. The first-order valence-electron chi connectivity index (χ1n) is 12.8. The van der Waals surface area contributed by atoms with E-state index in [1.54, 1.807) is 42.7 Å². The zero-order valence-electron chi connectivity index (χ0n) is 22.6. The van der Waals surface area contributed by atoms with Gasteiger partial charge in [0.05, 0.1) is 0 Å². The zero-order chi connectivity index (χ0) is 25.1. The van der Waals surface area contributed by atoms with Gasteiger partial charge >= 0.3 is 27.9 Å². The lowest BCUT2D eigenvalue weighted by molar-refractivity contribution is 0.267. The molecule has 0 unspecified atom stereocenters. The predicted molar refractivity (Wildman–Crippen MR) is 148 cm³/mol. The van der Waals surface area contributed by atoms with Crippen molar-refractivity contribution in [2.24, 2.45) is 0 Å². The molecule has 0 amide bonds. The Morgan fingerprint density at radius 3 is 1.12 bits per heavy atom. The molecule has 0 bridgehead atoms. The van der Waals surface area contributed by atoms with Gasteiger partial charge in [-0.15, -0.1) is 0 Å². The molecule has 0 spiro atoms. The standard InChI is InChI=1S/C25H50O6Si3/c1-26-32(27-2)21-13-10-18-25(24-16-8-7-9-17-24,19-11-14-22-33(28-3)29-4)20-12-15-23-34(30-5)31-6/h7-9,16-17,32-34H,10-15,18-23H2,1-6H3. The summed E-state index contributed by atoms with van der Waals surface area (Å²) >= 11 is 0. The monoisotopic (exact) mass is 530 g/mol. The van der Waals surface area contributed by atoms with Crippen LogP contribution in [-0.2, 0) is 32.0 Å². The van der Waals surface area contributed by atoms with E-state index < -0.39 is 27.9 Å². The van der Waals surface area contributed by atoms with Crippen LogP contribution < -0.4 is 0 Å². The van der Waals surface area contributed by atoms with Crippen molar-refractivity contribution in [1.29, 1.82) is 0 Å². The minimum Gasteiger partial charge on any atom is -0.400 e. The summed E-state index contributed by atoms with van der Waals surface area (Å²) in [6, 6.07) is 14.4. The summed E-state index contributed by atoms with van der Waals surface area (Å²) in [5, 5.41) is 0. The molecule has 34 heavy (non-hydrogen) atoms. The molecule has 0 fully saturated rings. The second-order valence-corrected chi connectivity index (χ2v) is 16.2. The second kappa shape index (κ2) is 19.8. The van der Waals surface area contributed by atoms with Crippen LogP contribution in [0.5, 0.6) is 0 Å². The summed E-state index contributed by atoms with van der Waals surface area (Å²) in [5.74, 6) is 0. The van der Waals surface area contributed by atoms with Gasteiger partial charge in [-0.05, 0) is 48.4 Å². The Morgan fingerprint density at radius 1 is 0.500 bits per heavy atom. The third-order valence-electron chi connectivity index (χ3n) is 7.00. The molecule has 6 nitrogen and oxygen atoms in total. The normalized spacial score (nSPS) is 12.4. The van der Waals surface area contributed by atoms with E-state index in [1.165, 1.54) is 44.1 Å². The Labute approximate surface area is 214 Å². The molecular weight excluding hydrogens is 481 g/mol. The van der Waals surface area contributed by atoms with Gasteiger partial charge in [-0.2, -0.15) is 0 Å². The molecule has 0 aliphatic heterocycles. The molecule has 0 saturated heterocycles. The summed E-state index contributed by atoms with van der Waals surface area (Å²) in [4.78, 5) is 0. The number of rotatable bonds is 22. The van der Waals surface area contributed by atoms with Crippen LogP contribution in [0.4, 0.5) is 0 Å². The van der Waals surface area contributed by atoms with E-state index in [0.717, 1.165) is 37.4 Å². The molecule has 1 aromatic carbocycles. The highest BCUT2D eigenvalue weighted by molar-refractivity contribution is 6.44. The molecular formula is C25H50O6Si3. The van der Waals surface area contributed by atoms with Crippen LogP contribution in [-0.4, -0.2) is 70.5 Å². The van der Waals surface area contributed by atoms with Crippen LogP contribution in [0.2, 0.25) is 18.1 Å². The minimum atomic E-state index is -1.49. The molecule has 0 N–H and O–H groups in total. The van der Waals surface area contributed by atoms with Gasteiger partial charge in [0.1, 0.15) is 0 Å². The van der Waals surface area contributed by atoms with E-state index >= 15 is 0 Å². The molecule has 0 aromatic heterocycles. The Balaban J connectivity index is 2.89. The summed E-state index contributed by atoms with van der Waals surface area (Å²) < 4.78 is 33.2. The van der Waals surface area contributed by atoms with Gasteiger partial charge in [0.2, 0.25) is 0 Å². The lowest BCUT2D eigenvalue weighted by atomic mass is 9.69. The quantitative estimate of drug-likeness (QED) is 0.156. The van der Waals surface area contributed by atoms with E-state index in [2.05, 4.69) is 30.3 Å². The van der Waals surface area contributed by atoms with E-state index in [-0.39, 0.29) is 5.41 Å². The van der Waals surface area contributed by atoms with Crippen LogP contribution in [0.3, 0.4) is 0 Å². The lowest BCUT2D eigenvalue weighted by Gasteiger charge is -2.36. The van der Waals surface area contributed by atoms with Crippen molar-refractivity contribution in [3.63, 3.8) is 0 Å². The summed E-state index contributed by atoms with van der Waals surface area (Å²) in [6.07, 6.45) is 10.7. The van der Waals surface area contributed by atoms with Crippen LogP contribution in [0.1, 0.15) is 63.4 Å². The van der Waals surface area contributed by atoms with Gasteiger partial charge in [-0.25, -0.2) is 0 Å². The maximum atomic E-state index is 5.54. The number of benzene rings is 1. The largest absolute Gasteiger partial charge is 0.400 e. The van der Waals surface area contributed by atoms with Gasteiger partial charge in [0, 0.05) is 42.7 Å². The average molecular weight is 531 g/mol. The molecule has 0 atom stereocenters. The average Bonchev–Trinajstić information content (AvgIpc) is 2.89. The molecule has 9 heteroatoms. The number of hydrogen-bond donors (Lipinski definition) is 0. The lowest BCUT2D eigenvalue weighted by Crippen LogP contribution is -2.28. The van der Waals surface area contributed by atoms with E-state index in [4.69, 9.17) is 26.6 Å². The maximum Gasteiger partial charge on any atom is 0.320 e. The first kappa shape index (κ1) is 31.7. The Morgan fingerprint density at radius 2 is 0.824 bits per heavy atom. The van der Waals surface area contributed by atoms with Crippen molar-refractivity contribution >= 4 is 27.9 Å². The van der Waals surface area contributed by atoms with Crippen molar-refractivity contribution in [1.82, 2.24) is 0 Å². The van der Waals surface area contributed by atoms with Crippen LogP contribution >= 0.6 is 0 Å². The molecule has 198 valence electrons. The third kappa shape index (κ3) is 12.0. The van der Waals surface area contributed by atoms with Crippen molar-refractivity contribution in [3.8, 4) is 0 Å². The molecule has 1 rings (SSSR count). The van der Waals surface area contributed by atoms with Crippen LogP contribution in [0.15, 0.2) is 30.3 Å². The topological polar surface area (TPSA) is 55.4 Å². The predicted octanol–water partition coefficient (Wildman–Crippen LogP) is 4.98. The van der Waals surface area contributed by atoms with E-state index in [9.17, 15) is 0 Å². The summed E-state index contributed by atoms with van der Waals surface area (Å²) in [6.45, 7) is 0. The van der Waals surface area contributed by atoms with Gasteiger partial charge in [-0.1, -0.05) is 68.9 Å². The summed E-state index contributed by atoms with van der Waals surface area (Å²) in [7, 11) is 6.21. The Kier molecular flexibility index (Phi) is 18.4. The first-order chi connectivity index (χ1) is 16.6. The van der Waals surface area contributed by atoms with Crippen molar-refractivity contribution in [2.45, 2.75) is 81.3 Å². The first-order valence-corrected chi connectivity index (χ1v) is 18.1. The maximum absolute atomic E-state index is 5.54. The number of unbranched alkanes of at least 4 members (excludes halogenated alkanes) is 3. The minimum absolute atomic E-state index is 0.201. The molecule has 1 aromatic rings. The van der Waals surface area contributed by atoms with Gasteiger partial charge < -0.3 is 26.6 Å². The van der Waals surface area contributed by atoms with Gasteiger partial charge in [-0.3, -0.25) is 0 Å². The molecule has 0 radical (unpaired) electrons. The summed E-state index contributed by atoms with van der Waals surface area (Å²) in [5.41, 5.74) is 1.69. The fourth-order valence-electron chi connectivity index (χ4n) is 4.92. The van der Waals surface area contributed by atoms with Gasteiger partial charge in [0.15, 0.2) is 0 Å². The van der Waals surface area contributed by atoms with Crippen molar-refractivity contribution in [3.05, 3.63) is 35.9 Å². The van der Waals surface area contributed by atoms with Crippen molar-refractivity contribution in [2.75, 3.05) is 42.7 Å². The molecule has 0 heterocycles. The fraction of sp³-hybridized carbons (Fsp3) is 0.760. The fourth-order valence-corrected chi connectivity index (χ4v) is 8.78. The molecule has 0 aliphatic carbocycles. The Hall–Kier alpha value is -0.369. The third-order valence-corrected chi connectivity index (χ3v) is 12.8. The zero-order valence-corrected chi connectivity index (χ0v) is 26.0. The second-order valence-electron chi connectivity index (χ2n) is 9.09. The molecule has 0 aliphatic rings. The van der Waals surface area contributed by atoms with Crippen LogP contribution in [0.25, 0.3) is 0 Å². The van der Waals surface area contributed by atoms with Gasteiger partial charge in [0.25, 0.3) is 0 Å².